The lowest BCUT2D eigenvalue weighted by Gasteiger charge is -2.11. The van der Waals surface area contributed by atoms with E-state index in [-0.39, 0.29) is 10.9 Å². The fourth-order valence-corrected chi connectivity index (χ4v) is 1.95. The number of rotatable bonds is 2. The summed E-state index contributed by atoms with van der Waals surface area (Å²) < 4.78 is 42.9. The SMILES string of the molecule is COc1nccc(-c2cccc(C(F)(F)F)c2)c1Cl. The number of halogens is 4. The molecular weight excluding hydrogens is 279 g/mol. The molecule has 0 bridgehead atoms. The van der Waals surface area contributed by atoms with E-state index in [1.165, 1.54) is 19.4 Å². The van der Waals surface area contributed by atoms with E-state index < -0.39 is 11.7 Å². The van der Waals surface area contributed by atoms with Gasteiger partial charge in [-0.1, -0.05) is 23.7 Å². The Balaban J connectivity index is 2.54. The van der Waals surface area contributed by atoms with E-state index in [0.29, 0.717) is 11.1 Å². The molecule has 0 spiro atoms. The molecule has 1 heterocycles. The van der Waals surface area contributed by atoms with Crippen LogP contribution in [0.5, 0.6) is 5.88 Å². The van der Waals surface area contributed by atoms with Gasteiger partial charge in [0.1, 0.15) is 5.02 Å². The summed E-state index contributed by atoms with van der Waals surface area (Å²) in [5.74, 6) is 0.177. The van der Waals surface area contributed by atoms with Gasteiger partial charge in [0.25, 0.3) is 0 Å². The van der Waals surface area contributed by atoms with E-state index in [4.69, 9.17) is 16.3 Å². The van der Waals surface area contributed by atoms with Crippen LogP contribution in [0.15, 0.2) is 36.5 Å². The minimum Gasteiger partial charge on any atom is -0.480 e. The zero-order valence-electron chi connectivity index (χ0n) is 9.83. The molecule has 0 amide bonds. The summed E-state index contributed by atoms with van der Waals surface area (Å²) >= 11 is 6.04. The second-order valence-corrected chi connectivity index (χ2v) is 4.14. The molecule has 0 aliphatic heterocycles. The molecule has 0 saturated carbocycles. The predicted molar refractivity (Wildman–Crippen MR) is 66.2 cm³/mol. The number of ether oxygens (including phenoxy) is 1. The molecular formula is C13H9ClF3NO. The standard InChI is InChI=1S/C13H9ClF3NO/c1-19-12-11(14)10(5-6-18-12)8-3-2-4-9(7-8)13(15,16)17/h2-7H,1H3. The molecule has 0 aliphatic rings. The Labute approximate surface area is 112 Å². The first kappa shape index (κ1) is 13.7. The number of alkyl halides is 3. The average Bonchev–Trinajstić information content (AvgIpc) is 2.38. The zero-order chi connectivity index (χ0) is 14.0. The number of hydrogen-bond donors (Lipinski definition) is 0. The van der Waals surface area contributed by atoms with Crippen molar-refractivity contribution < 1.29 is 17.9 Å². The zero-order valence-corrected chi connectivity index (χ0v) is 10.6. The van der Waals surface area contributed by atoms with Gasteiger partial charge >= 0.3 is 6.18 Å². The highest BCUT2D eigenvalue weighted by Gasteiger charge is 2.30. The highest BCUT2D eigenvalue weighted by molar-refractivity contribution is 6.34. The third-order valence-electron chi connectivity index (χ3n) is 2.55. The van der Waals surface area contributed by atoms with Gasteiger partial charge in [-0.25, -0.2) is 4.98 Å². The van der Waals surface area contributed by atoms with Crippen molar-refractivity contribution in [2.75, 3.05) is 7.11 Å². The van der Waals surface area contributed by atoms with Crippen LogP contribution in [-0.4, -0.2) is 12.1 Å². The molecule has 19 heavy (non-hydrogen) atoms. The highest BCUT2D eigenvalue weighted by Crippen LogP contribution is 2.36. The van der Waals surface area contributed by atoms with Gasteiger partial charge in [-0.2, -0.15) is 13.2 Å². The predicted octanol–water partition coefficient (Wildman–Crippen LogP) is 4.43. The molecule has 0 unspecified atom stereocenters. The van der Waals surface area contributed by atoms with Crippen molar-refractivity contribution in [2.45, 2.75) is 6.18 Å². The Hall–Kier alpha value is -1.75. The summed E-state index contributed by atoms with van der Waals surface area (Å²) in [4.78, 5) is 3.88. The maximum absolute atomic E-state index is 12.7. The van der Waals surface area contributed by atoms with Gasteiger partial charge in [0.2, 0.25) is 5.88 Å². The first-order valence-electron chi connectivity index (χ1n) is 5.29. The number of pyridine rings is 1. The monoisotopic (exact) mass is 287 g/mol. The van der Waals surface area contributed by atoms with Gasteiger partial charge in [0.15, 0.2) is 0 Å². The summed E-state index contributed by atoms with van der Waals surface area (Å²) in [6, 6.07) is 6.48. The molecule has 1 aromatic heterocycles. The number of aromatic nitrogens is 1. The van der Waals surface area contributed by atoms with Crippen LogP contribution >= 0.6 is 11.6 Å². The van der Waals surface area contributed by atoms with E-state index in [0.717, 1.165) is 12.1 Å². The van der Waals surface area contributed by atoms with Crippen molar-refractivity contribution >= 4 is 11.6 Å². The van der Waals surface area contributed by atoms with Gasteiger partial charge < -0.3 is 4.74 Å². The van der Waals surface area contributed by atoms with E-state index >= 15 is 0 Å². The number of nitrogens with zero attached hydrogens (tertiary/aromatic N) is 1. The Morgan fingerprint density at radius 1 is 1.21 bits per heavy atom. The summed E-state index contributed by atoms with van der Waals surface area (Å²) in [5.41, 5.74) is 0.0805. The van der Waals surface area contributed by atoms with Crippen molar-refractivity contribution in [3.63, 3.8) is 0 Å². The molecule has 0 saturated heterocycles. The van der Waals surface area contributed by atoms with Crippen molar-refractivity contribution in [1.29, 1.82) is 0 Å². The minimum atomic E-state index is -4.39. The van der Waals surface area contributed by atoms with Crippen molar-refractivity contribution in [1.82, 2.24) is 4.98 Å². The Bertz CT molecular complexity index is 599. The first-order valence-corrected chi connectivity index (χ1v) is 5.67. The normalized spacial score (nSPS) is 11.4. The van der Waals surface area contributed by atoms with Crippen LogP contribution in [0, 0.1) is 0 Å². The fraction of sp³-hybridized carbons (Fsp3) is 0.154. The van der Waals surface area contributed by atoms with Crippen molar-refractivity contribution in [3.05, 3.63) is 47.1 Å². The topological polar surface area (TPSA) is 22.1 Å². The molecule has 2 rings (SSSR count). The second-order valence-electron chi connectivity index (χ2n) is 3.76. The summed E-state index contributed by atoms with van der Waals surface area (Å²) in [6.07, 6.45) is -2.96. The fourth-order valence-electron chi connectivity index (χ4n) is 1.65. The Kier molecular flexibility index (Phi) is 3.66. The molecule has 0 atom stereocenters. The highest BCUT2D eigenvalue weighted by atomic mass is 35.5. The first-order chi connectivity index (χ1) is 8.93. The smallest absolute Gasteiger partial charge is 0.416 e. The van der Waals surface area contributed by atoms with Gasteiger partial charge in [-0.3, -0.25) is 0 Å². The van der Waals surface area contributed by atoms with Gasteiger partial charge in [0.05, 0.1) is 12.7 Å². The van der Waals surface area contributed by atoms with E-state index in [2.05, 4.69) is 4.98 Å². The maximum atomic E-state index is 12.7. The largest absolute Gasteiger partial charge is 0.480 e. The molecule has 2 nitrogen and oxygen atoms in total. The van der Waals surface area contributed by atoms with Crippen LogP contribution in [0.25, 0.3) is 11.1 Å². The summed E-state index contributed by atoms with van der Waals surface area (Å²) in [5, 5.41) is 0.185. The average molecular weight is 288 g/mol. The Morgan fingerprint density at radius 3 is 2.58 bits per heavy atom. The number of benzene rings is 1. The third kappa shape index (κ3) is 2.81. The van der Waals surface area contributed by atoms with E-state index in [9.17, 15) is 13.2 Å². The Morgan fingerprint density at radius 2 is 1.95 bits per heavy atom. The molecule has 0 aliphatic carbocycles. The van der Waals surface area contributed by atoms with Crippen LogP contribution in [-0.2, 0) is 6.18 Å². The van der Waals surface area contributed by atoms with Crippen LogP contribution in [0.2, 0.25) is 5.02 Å². The van der Waals surface area contributed by atoms with E-state index in [1.54, 1.807) is 12.1 Å². The lowest BCUT2D eigenvalue weighted by molar-refractivity contribution is -0.137. The van der Waals surface area contributed by atoms with Crippen LogP contribution in [0.4, 0.5) is 13.2 Å². The molecule has 6 heteroatoms. The quantitative estimate of drug-likeness (QED) is 0.815. The van der Waals surface area contributed by atoms with Gasteiger partial charge in [-0.15, -0.1) is 0 Å². The summed E-state index contributed by atoms with van der Waals surface area (Å²) in [6.45, 7) is 0. The van der Waals surface area contributed by atoms with Crippen molar-refractivity contribution in [3.8, 4) is 17.0 Å². The third-order valence-corrected chi connectivity index (χ3v) is 2.92. The number of hydrogen-bond acceptors (Lipinski definition) is 2. The summed E-state index contributed by atoms with van der Waals surface area (Å²) in [7, 11) is 1.39. The molecule has 1 aromatic carbocycles. The lowest BCUT2D eigenvalue weighted by atomic mass is 10.0. The van der Waals surface area contributed by atoms with Crippen molar-refractivity contribution in [2.24, 2.45) is 0 Å². The van der Waals surface area contributed by atoms with E-state index in [1.807, 2.05) is 0 Å². The van der Waals surface area contributed by atoms with Gasteiger partial charge in [-0.05, 0) is 23.8 Å². The second kappa shape index (κ2) is 5.09. The lowest BCUT2D eigenvalue weighted by Crippen LogP contribution is -2.04. The minimum absolute atomic E-state index is 0.177. The van der Waals surface area contributed by atoms with Crippen LogP contribution in [0.1, 0.15) is 5.56 Å². The van der Waals surface area contributed by atoms with Crippen LogP contribution < -0.4 is 4.74 Å². The van der Waals surface area contributed by atoms with Gasteiger partial charge in [0, 0.05) is 11.8 Å². The molecule has 2 aromatic rings. The molecule has 0 radical (unpaired) electrons. The maximum Gasteiger partial charge on any atom is 0.416 e. The van der Waals surface area contributed by atoms with Crippen LogP contribution in [0.3, 0.4) is 0 Å². The molecule has 0 N–H and O–H groups in total. The number of methoxy groups -OCH3 is 1. The molecule has 0 fully saturated rings. The molecule has 100 valence electrons.